The zero-order valence-corrected chi connectivity index (χ0v) is 12.7. The van der Waals surface area contributed by atoms with Gasteiger partial charge in [-0.25, -0.2) is 4.79 Å². The molecule has 0 bridgehead atoms. The van der Waals surface area contributed by atoms with Crippen LogP contribution in [0.25, 0.3) is 0 Å². The topological polar surface area (TPSA) is 60.9 Å². The predicted molar refractivity (Wildman–Crippen MR) is 80.3 cm³/mol. The van der Waals surface area contributed by atoms with Crippen LogP contribution < -0.4 is 0 Å². The number of urea groups is 1. The molecular weight excluding hydrogens is 292 g/mol. The smallest absolute Gasteiger partial charge is 0.320 e. The van der Waals surface area contributed by atoms with Crippen molar-refractivity contribution in [2.75, 3.05) is 13.6 Å². The van der Waals surface area contributed by atoms with Crippen LogP contribution in [-0.4, -0.2) is 46.5 Å². The third kappa shape index (κ3) is 4.11. The molecule has 0 saturated carbocycles. The average molecular weight is 311 g/mol. The summed E-state index contributed by atoms with van der Waals surface area (Å²) < 4.78 is 0. The van der Waals surface area contributed by atoms with Crippen LogP contribution in [0.1, 0.15) is 24.8 Å². The second-order valence-corrected chi connectivity index (χ2v) is 5.79. The van der Waals surface area contributed by atoms with Crippen LogP contribution >= 0.6 is 11.6 Å². The van der Waals surface area contributed by atoms with Gasteiger partial charge in [0.1, 0.15) is 0 Å². The Labute approximate surface area is 129 Å². The van der Waals surface area contributed by atoms with E-state index in [9.17, 15) is 9.59 Å². The molecule has 0 spiro atoms. The molecule has 1 heterocycles. The van der Waals surface area contributed by atoms with Crippen molar-refractivity contribution in [1.29, 1.82) is 0 Å². The van der Waals surface area contributed by atoms with Gasteiger partial charge in [-0.3, -0.25) is 4.79 Å². The first-order valence-electron chi connectivity index (χ1n) is 6.95. The van der Waals surface area contributed by atoms with Gasteiger partial charge in [-0.1, -0.05) is 23.7 Å². The summed E-state index contributed by atoms with van der Waals surface area (Å²) in [5.41, 5.74) is 0.990. The molecular formula is C15H19ClN2O3. The summed E-state index contributed by atoms with van der Waals surface area (Å²) in [6.07, 6.45) is 1.63. The first kappa shape index (κ1) is 15.6. The van der Waals surface area contributed by atoms with Gasteiger partial charge in [0.2, 0.25) is 0 Å². The van der Waals surface area contributed by atoms with Crippen LogP contribution in [0, 0.1) is 0 Å². The number of carbonyl (C=O) groups excluding carboxylic acids is 1. The van der Waals surface area contributed by atoms with Crippen molar-refractivity contribution in [2.24, 2.45) is 0 Å². The molecule has 1 atom stereocenters. The van der Waals surface area contributed by atoms with Crippen LogP contribution in [-0.2, 0) is 11.3 Å². The molecule has 0 aromatic heterocycles. The average Bonchev–Trinajstić information content (AvgIpc) is 2.87. The van der Waals surface area contributed by atoms with Gasteiger partial charge in [0.05, 0.1) is 6.42 Å². The third-order valence-electron chi connectivity index (χ3n) is 3.69. The summed E-state index contributed by atoms with van der Waals surface area (Å²) in [5, 5.41) is 9.57. The van der Waals surface area contributed by atoms with Gasteiger partial charge in [-0.2, -0.15) is 0 Å². The van der Waals surface area contributed by atoms with Crippen molar-refractivity contribution in [2.45, 2.75) is 31.8 Å². The monoisotopic (exact) mass is 310 g/mol. The van der Waals surface area contributed by atoms with Gasteiger partial charge in [0.25, 0.3) is 0 Å². The summed E-state index contributed by atoms with van der Waals surface area (Å²) in [4.78, 5) is 26.6. The van der Waals surface area contributed by atoms with E-state index in [0.717, 1.165) is 18.4 Å². The minimum absolute atomic E-state index is 0.0144. The van der Waals surface area contributed by atoms with Crippen LogP contribution in [0.15, 0.2) is 24.3 Å². The van der Waals surface area contributed by atoms with Gasteiger partial charge in [0, 0.05) is 31.2 Å². The Morgan fingerprint density at radius 3 is 2.67 bits per heavy atom. The van der Waals surface area contributed by atoms with Crippen molar-refractivity contribution in [3.63, 3.8) is 0 Å². The van der Waals surface area contributed by atoms with Gasteiger partial charge < -0.3 is 14.9 Å². The Morgan fingerprint density at radius 1 is 1.38 bits per heavy atom. The molecule has 1 aliphatic heterocycles. The lowest BCUT2D eigenvalue weighted by atomic mass is 10.1. The highest BCUT2D eigenvalue weighted by atomic mass is 35.5. The second kappa shape index (κ2) is 6.80. The van der Waals surface area contributed by atoms with E-state index in [0.29, 0.717) is 18.1 Å². The quantitative estimate of drug-likeness (QED) is 0.930. The van der Waals surface area contributed by atoms with E-state index in [4.69, 9.17) is 16.7 Å². The van der Waals surface area contributed by atoms with Gasteiger partial charge in [-0.15, -0.1) is 0 Å². The van der Waals surface area contributed by atoms with Gasteiger partial charge in [-0.05, 0) is 30.5 Å². The number of rotatable bonds is 4. The maximum Gasteiger partial charge on any atom is 0.320 e. The molecule has 1 aliphatic rings. The maximum absolute atomic E-state index is 12.4. The number of aliphatic carboxylic acids is 1. The highest BCUT2D eigenvalue weighted by Crippen LogP contribution is 2.22. The number of hydrogen-bond donors (Lipinski definition) is 1. The predicted octanol–water partition coefficient (Wildman–Crippen LogP) is 2.83. The van der Waals surface area contributed by atoms with Crippen LogP contribution in [0.5, 0.6) is 0 Å². The molecule has 0 aliphatic carbocycles. The highest BCUT2D eigenvalue weighted by molar-refractivity contribution is 6.30. The molecule has 1 saturated heterocycles. The summed E-state index contributed by atoms with van der Waals surface area (Å²) in [6, 6.07) is 7.03. The Morgan fingerprint density at radius 2 is 2.05 bits per heavy atom. The minimum atomic E-state index is -0.861. The maximum atomic E-state index is 12.4. The van der Waals surface area contributed by atoms with E-state index in [1.165, 1.54) is 0 Å². The Hall–Kier alpha value is -1.75. The summed E-state index contributed by atoms with van der Waals surface area (Å²) in [6.45, 7) is 1.11. The first-order chi connectivity index (χ1) is 9.97. The van der Waals surface area contributed by atoms with E-state index in [1.54, 1.807) is 29.0 Å². The van der Waals surface area contributed by atoms with E-state index < -0.39 is 5.97 Å². The SMILES string of the molecule is CN(Cc1ccc(Cl)cc1)C(=O)N1CCCC1CC(=O)O. The molecule has 0 radical (unpaired) electrons. The molecule has 114 valence electrons. The Bertz CT molecular complexity index is 518. The normalized spacial score (nSPS) is 17.8. The van der Waals surface area contributed by atoms with E-state index in [-0.39, 0.29) is 18.5 Å². The minimum Gasteiger partial charge on any atom is -0.481 e. The first-order valence-corrected chi connectivity index (χ1v) is 7.33. The number of amides is 2. The Kier molecular flexibility index (Phi) is 5.07. The lowest BCUT2D eigenvalue weighted by Gasteiger charge is -2.29. The number of halogens is 1. The number of nitrogens with zero attached hydrogens (tertiary/aromatic N) is 2. The van der Waals surface area contributed by atoms with Gasteiger partial charge >= 0.3 is 12.0 Å². The molecule has 1 aromatic rings. The van der Waals surface area contributed by atoms with Crippen LogP contribution in [0.4, 0.5) is 4.79 Å². The number of benzene rings is 1. The molecule has 1 fully saturated rings. The molecule has 2 rings (SSSR count). The molecule has 1 aromatic carbocycles. The lowest BCUT2D eigenvalue weighted by Crippen LogP contribution is -2.44. The van der Waals surface area contributed by atoms with E-state index in [1.807, 2.05) is 12.1 Å². The fourth-order valence-corrected chi connectivity index (χ4v) is 2.78. The van der Waals surface area contributed by atoms with Crippen molar-refractivity contribution >= 4 is 23.6 Å². The largest absolute Gasteiger partial charge is 0.481 e. The number of carbonyl (C=O) groups is 2. The summed E-state index contributed by atoms with van der Waals surface area (Å²) >= 11 is 5.84. The van der Waals surface area contributed by atoms with E-state index in [2.05, 4.69) is 0 Å². The molecule has 5 nitrogen and oxygen atoms in total. The summed E-state index contributed by atoms with van der Waals surface area (Å²) in [5.74, 6) is -0.861. The third-order valence-corrected chi connectivity index (χ3v) is 3.94. The van der Waals surface area contributed by atoms with Crippen molar-refractivity contribution in [3.8, 4) is 0 Å². The van der Waals surface area contributed by atoms with E-state index >= 15 is 0 Å². The number of carboxylic acid groups (broad SMARTS) is 1. The van der Waals surface area contributed by atoms with Crippen LogP contribution in [0.2, 0.25) is 5.02 Å². The fourth-order valence-electron chi connectivity index (χ4n) is 2.65. The Balaban J connectivity index is 1.98. The molecule has 21 heavy (non-hydrogen) atoms. The summed E-state index contributed by atoms with van der Waals surface area (Å²) in [7, 11) is 1.73. The van der Waals surface area contributed by atoms with Crippen molar-refractivity contribution < 1.29 is 14.7 Å². The van der Waals surface area contributed by atoms with Crippen molar-refractivity contribution in [1.82, 2.24) is 9.80 Å². The molecule has 1 N–H and O–H groups in total. The molecule has 2 amide bonds. The zero-order chi connectivity index (χ0) is 15.4. The molecule has 1 unspecified atom stereocenters. The van der Waals surface area contributed by atoms with Crippen LogP contribution in [0.3, 0.4) is 0 Å². The second-order valence-electron chi connectivity index (χ2n) is 5.35. The standard InChI is InChI=1S/C15H19ClN2O3/c1-17(10-11-4-6-12(16)7-5-11)15(21)18-8-2-3-13(18)9-14(19)20/h4-7,13H,2-3,8-10H2,1H3,(H,19,20). The number of carboxylic acids is 1. The number of likely N-dealkylation sites (tertiary alicyclic amines) is 1. The molecule has 6 heteroatoms. The van der Waals surface area contributed by atoms with Gasteiger partial charge in [0.15, 0.2) is 0 Å². The number of hydrogen-bond acceptors (Lipinski definition) is 2. The zero-order valence-electron chi connectivity index (χ0n) is 12.0. The lowest BCUT2D eigenvalue weighted by molar-refractivity contribution is -0.138. The fraction of sp³-hybridized carbons (Fsp3) is 0.467. The highest BCUT2D eigenvalue weighted by Gasteiger charge is 2.31. The van der Waals surface area contributed by atoms with Crippen molar-refractivity contribution in [3.05, 3.63) is 34.9 Å².